The van der Waals surface area contributed by atoms with Gasteiger partial charge >= 0.3 is 6.18 Å². The van der Waals surface area contributed by atoms with Crippen molar-refractivity contribution in [2.45, 2.75) is 32.4 Å². The van der Waals surface area contributed by atoms with E-state index in [-0.39, 0.29) is 29.6 Å². The number of Topliss-reactive ketones (excluding diaryl/α,β-unsaturated/α-hetero) is 1. The maximum atomic E-state index is 13.9. The number of halogens is 5. The molecule has 2 aromatic rings. The van der Waals surface area contributed by atoms with Crippen molar-refractivity contribution in [3.05, 3.63) is 62.8 Å². The molecule has 2 rings (SSSR count). The Labute approximate surface area is 138 Å². The fourth-order valence-corrected chi connectivity index (χ4v) is 2.37. The summed E-state index contributed by atoms with van der Waals surface area (Å²) < 4.78 is 65.3. The van der Waals surface area contributed by atoms with Gasteiger partial charge in [-0.2, -0.15) is 13.2 Å². The number of ketones is 1. The van der Waals surface area contributed by atoms with Crippen LogP contribution in [0.5, 0.6) is 0 Å². The molecule has 0 aliphatic carbocycles. The minimum absolute atomic E-state index is 0.0707. The van der Waals surface area contributed by atoms with Crippen molar-refractivity contribution in [2.75, 3.05) is 0 Å². The van der Waals surface area contributed by atoms with E-state index in [0.29, 0.717) is 6.07 Å². The number of H-pyrrole nitrogens is 1. The number of aryl methyl sites for hydroxylation is 1. The SMILES string of the molecule is Cc1nc(C(=O)C[C@H](C)c2cc(F)c(C(F)(F)F)cc2F)cc(=O)[nH]1. The van der Waals surface area contributed by atoms with Crippen LogP contribution in [0.15, 0.2) is 23.0 Å². The Bertz CT molecular complexity index is 874. The zero-order valence-electron chi connectivity index (χ0n) is 13.2. The summed E-state index contributed by atoms with van der Waals surface area (Å²) in [5.41, 5.74) is -2.77. The first-order valence-electron chi connectivity index (χ1n) is 7.16. The lowest BCUT2D eigenvalue weighted by Crippen LogP contribution is -2.16. The first kappa shape index (κ1) is 18.8. The van der Waals surface area contributed by atoms with Crippen LogP contribution in [0, 0.1) is 18.6 Å². The van der Waals surface area contributed by atoms with Crippen LogP contribution >= 0.6 is 0 Å². The summed E-state index contributed by atoms with van der Waals surface area (Å²) >= 11 is 0. The molecule has 0 aliphatic heterocycles. The third-order valence-corrected chi connectivity index (χ3v) is 3.56. The molecule has 9 heteroatoms. The summed E-state index contributed by atoms with van der Waals surface area (Å²) in [6, 6.07) is 1.47. The molecular formula is C16H13F5N2O2. The number of nitrogens with zero attached hydrogens (tertiary/aromatic N) is 1. The average Bonchev–Trinajstić information content (AvgIpc) is 2.46. The highest BCUT2D eigenvalue weighted by Crippen LogP contribution is 2.34. The molecule has 0 radical (unpaired) electrons. The smallest absolute Gasteiger partial charge is 0.311 e. The maximum absolute atomic E-state index is 13.9. The summed E-state index contributed by atoms with van der Waals surface area (Å²) in [4.78, 5) is 29.7. The fourth-order valence-electron chi connectivity index (χ4n) is 2.37. The number of alkyl halides is 3. The highest BCUT2D eigenvalue weighted by molar-refractivity contribution is 5.94. The van der Waals surface area contributed by atoms with E-state index in [1.165, 1.54) is 13.8 Å². The molecule has 1 atom stereocenters. The lowest BCUT2D eigenvalue weighted by atomic mass is 9.93. The van der Waals surface area contributed by atoms with Gasteiger partial charge in [-0.05, 0) is 30.5 Å². The molecule has 0 fully saturated rings. The van der Waals surface area contributed by atoms with E-state index < -0.39 is 40.6 Å². The molecule has 1 N–H and O–H groups in total. The van der Waals surface area contributed by atoms with Crippen molar-refractivity contribution in [1.82, 2.24) is 9.97 Å². The number of aromatic amines is 1. The second kappa shape index (κ2) is 6.73. The topological polar surface area (TPSA) is 62.8 Å². The van der Waals surface area contributed by atoms with Gasteiger partial charge in [0.1, 0.15) is 23.2 Å². The van der Waals surface area contributed by atoms with Crippen molar-refractivity contribution < 1.29 is 26.7 Å². The normalized spacial score (nSPS) is 12.9. The Morgan fingerprint density at radius 3 is 2.40 bits per heavy atom. The van der Waals surface area contributed by atoms with Crippen LogP contribution in [0.2, 0.25) is 0 Å². The second-order valence-electron chi connectivity index (χ2n) is 5.60. The first-order chi connectivity index (χ1) is 11.5. The van der Waals surface area contributed by atoms with E-state index in [1.54, 1.807) is 0 Å². The minimum atomic E-state index is -5.02. The number of hydrogen-bond donors (Lipinski definition) is 1. The van der Waals surface area contributed by atoms with Crippen LogP contribution in [0.4, 0.5) is 22.0 Å². The van der Waals surface area contributed by atoms with E-state index in [9.17, 15) is 31.5 Å². The number of rotatable bonds is 4. The highest BCUT2D eigenvalue weighted by atomic mass is 19.4. The summed E-state index contributed by atoms with van der Waals surface area (Å²) in [7, 11) is 0. The molecule has 0 saturated carbocycles. The summed E-state index contributed by atoms with van der Waals surface area (Å²) in [6.07, 6.45) is -5.37. The van der Waals surface area contributed by atoms with Crippen LogP contribution in [-0.4, -0.2) is 15.8 Å². The summed E-state index contributed by atoms with van der Waals surface area (Å²) in [5, 5.41) is 0. The predicted octanol–water partition coefficient (Wildman–Crippen LogP) is 3.75. The predicted molar refractivity (Wildman–Crippen MR) is 78.3 cm³/mol. The number of benzene rings is 1. The monoisotopic (exact) mass is 360 g/mol. The van der Waals surface area contributed by atoms with Gasteiger partial charge < -0.3 is 4.98 Å². The quantitative estimate of drug-likeness (QED) is 0.667. The highest BCUT2D eigenvalue weighted by Gasteiger charge is 2.35. The van der Waals surface area contributed by atoms with Crippen molar-refractivity contribution in [1.29, 1.82) is 0 Å². The molecule has 25 heavy (non-hydrogen) atoms. The van der Waals surface area contributed by atoms with Crippen molar-refractivity contribution in [3.63, 3.8) is 0 Å². The molecule has 1 aromatic carbocycles. The van der Waals surface area contributed by atoms with Crippen LogP contribution in [-0.2, 0) is 6.18 Å². The van der Waals surface area contributed by atoms with E-state index in [4.69, 9.17) is 0 Å². The minimum Gasteiger partial charge on any atom is -0.311 e. The molecule has 0 amide bonds. The third kappa shape index (κ3) is 4.28. The average molecular weight is 360 g/mol. The van der Waals surface area contributed by atoms with Gasteiger partial charge in [0, 0.05) is 12.5 Å². The number of hydrogen-bond acceptors (Lipinski definition) is 3. The van der Waals surface area contributed by atoms with Gasteiger partial charge in [0.05, 0.1) is 5.56 Å². The van der Waals surface area contributed by atoms with Crippen molar-refractivity contribution in [2.24, 2.45) is 0 Å². The second-order valence-corrected chi connectivity index (χ2v) is 5.60. The Hall–Kier alpha value is -2.58. The molecule has 0 unspecified atom stereocenters. The zero-order chi connectivity index (χ0) is 18.9. The zero-order valence-corrected chi connectivity index (χ0v) is 13.2. The molecule has 0 aliphatic rings. The van der Waals surface area contributed by atoms with E-state index in [0.717, 1.165) is 6.07 Å². The van der Waals surface area contributed by atoms with Crippen molar-refractivity contribution in [3.8, 4) is 0 Å². The van der Waals surface area contributed by atoms with Gasteiger partial charge in [-0.15, -0.1) is 0 Å². The lowest BCUT2D eigenvalue weighted by Gasteiger charge is -2.15. The standard InChI is InChI=1S/C16H13F5N2O2/c1-7(3-14(24)13-6-15(25)23-8(2)22-13)9-4-12(18)10(5-11(9)17)16(19,20)21/h4-7H,3H2,1-2H3,(H,22,23,25)/t7-/m0/s1. The van der Waals surface area contributed by atoms with Gasteiger partial charge in [0.15, 0.2) is 5.78 Å². The Kier molecular flexibility index (Phi) is 5.05. The van der Waals surface area contributed by atoms with E-state index >= 15 is 0 Å². The molecule has 1 aromatic heterocycles. The van der Waals surface area contributed by atoms with Gasteiger partial charge in [-0.3, -0.25) is 9.59 Å². The van der Waals surface area contributed by atoms with Gasteiger partial charge in [0.2, 0.25) is 0 Å². The molecule has 0 saturated heterocycles. The first-order valence-corrected chi connectivity index (χ1v) is 7.16. The Morgan fingerprint density at radius 2 is 1.84 bits per heavy atom. The van der Waals surface area contributed by atoms with Crippen LogP contribution in [0.25, 0.3) is 0 Å². The number of aromatic nitrogens is 2. The Balaban J connectivity index is 2.29. The van der Waals surface area contributed by atoms with Crippen LogP contribution in [0.1, 0.15) is 46.7 Å². The third-order valence-electron chi connectivity index (χ3n) is 3.56. The van der Waals surface area contributed by atoms with Crippen LogP contribution in [0.3, 0.4) is 0 Å². The largest absolute Gasteiger partial charge is 0.419 e. The summed E-state index contributed by atoms with van der Waals surface area (Å²) in [5.74, 6) is -4.19. The molecule has 4 nitrogen and oxygen atoms in total. The fraction of sp³-hybridized carbons (Fsp3) is 0.312. The number of nitrogens with one attached hydrogen (secondary N) is 1. The lowest BCUT2D eigenvalue weighted by molar-refractivity contribution is -0.140. The van der Waals surface area contributed by atoms with Gasteiger partial charge in [-0.25, -0.2) is 13.8 Å². The molecule has 134 valence electrons. The van der Waals surface area contributed by atoms with Crippen molar-refractivity contribution >= 4 is 5.78 Å². The van der Waals surface area contributed by atoms with Gasteiger partial charge in [0.25, 0.3) is 5.56 Å². The maximum Gasteiger partial charge on any atom is 0.419 e. The van der Waals surface area contributed by atoms with E-state index in [1.807, 2.05) is 0 Å². The van der Waals surface area contributed by atoms with Gasteiger partial charge in [-0.1, -0.05) is 6.92 Å². The number of carbonyl (C=O) groups excluding carboxylic acids is 1. The molecule has 0 bridgehead atoms. The number of carbonyl (C=O) groups is 1. The molecular weight excluding hydrogens is 347 g/mol. The summed E-state index contributed by atoms with van der Waals surface area (Å²) in [6.45, 7) is 2.83. The van der Waals surface area contributed by atoms with E-state index in [2.05, 4.69) is 9.97 Å². The molecule has 0 spiro atoms. The van der Waals surface area contributed by atoms with Crippen LogP contribution < -0.4 is 5.56 Å². The molecule has 1 heterocycles. The Morgan fingerprint density at radius 1 is 1.20 bits per heavy atom.